The van der Waals surface area contributed by atoms with Gasteiger partial charge in [-0.3, -0.25) is 4.99 Å². The van der Waals surface area contributed by atoms with Crippen molar-refractivity contribution in [3.05, 3.63) is 35.4 Å². The standard InChI is InChI=1S/C12H16N2S/c1-9-5-3-4-6-10(9)12(2)7-8-15-11(13)14-12/h3-6H,7-8H2,1-2H3,(H2,13,14). The minimum absolute atomic E-state index is 0.124. The van der Waals surface area contributed by atoms with Gasteiger partial charge in [0.25, 0.3) is 0 Å². The number of rotatable bonds is 1. The highest BCUT2D eigenvalue weighted by Crippen LogP contribution is 2.36. The first kappa shape index (κ1) is 10.6. The Morgan fingerprint density at radius 1 is 1.40 bits per heavy atom. The summed E-state index contributed by atoms with van der Waals surface area (Å²) >= 11 is 1.65. The molecule has 1 unspecified atom stereocenters. The molecule has 3 heteroatoms. The molecule has 0 spiro atoms. The van der Waals surface area contributed by atoms with Gasteiger partial charge in [-0.2, -0.15) is 0 Å². The fourth-order valence-electron chi connectivity index (χ4n) is 2.06. The molecule has 2 rings (SSSR count). The summed E-state index contributed by atoms with van der Waals surface area (Å²) < 4.78 is 0. The van der Waals surface area contributed by atoms with Gasteiger partial charge in [-0.1, -0.05) is 36.0 Å². The van der Waals surface area contributed by atoms with Crippen molar-refractivity contribution in [3.63, 3.8) is 0 Å². The summed E-state index contributed by atoms with van der Waals surface area (Å²) in [5, 5.41) is 0.715. The summed E-state index contributed by atoms with van der Waals surface area (Å²) in [6.07, 6.45) is 1.06. The molecule has 15 heavy (non-hydrogen) atoms. The Hall–Kier alpha value is -0.960. The van der Waals surface area contributed by atoms with Crippen molar-refractivity contribution in [2.24, 2.45) is 10.7 Å². The van der Waals surface area contributed by atoms with Crippen LogP contribution in [0.1, 0.15) is 24.5 Å². The number of nitrogens with zero attached hydrogens (tertiary/aromatic N) is 1. The van der Waals surface area contributed by atoms with Crippen molar-refractivity contribution in [2.45, 2.75) is 25.8 Å². The third kappa shape index (κ3) is 2.02. The summed E-state index contributed by atoms with van der Waals surface area (Å²) in [5.41, 5.74) is 8.28. The zero-order chi connectivity index (χ0) is 10.9. The zero-order valence-electron chi connectivity index (χ0n) is 9.16. The van der Waals surface area contributed by atoms with Gasteiger partial charge in [0.05, 0.1) is 5.54 Å². The van der Waals surface area contributed by atoms with Gasteiger partial charge in [0.2, 0.25) is 0 Å². The van der Waals surface area contributed by atoms with Gasteiger partial charge in [-0.05, 0) is 31.4 Å². The maximum atomic E-state index is 5.81. The molecule has 2 N–H and O–H groups in total. The average molecular weight is 220 g/mol. The van der Waals surface area contributed by atoms with Gasteiger partial charge in [0, 0.05) is 5.75 Å². The fourth-order valence-corrected chi connectivity index (χ4v) is 3.03. The third-order valence-corrected chi connectivity index (χ3v) is 3.72. The number of amidine groups is 1. The van der Waals surface area contributed by atoms with E-state index in [4.69, 9.17) is 5.73 Å². The smallest absolute Gasteiger partial charge is 0.154 e. The number of thioether (sulfide) groups is 1. The highest BCUT2D eigenvalue weighted by molar-refractivity contribution is 8.13. The van der Waals surface area contributed by atoms with Crippen LogP contribution in [0, 0.1) is 6.92 Å². The van der Waals surface area contributed by atoms with Crippen LogP contribution in [0.3, 0.4) is 0 Å². The Balaban J connectivity index is 2.45. The Morgan fingerprint density at radius 2 is 2.13 bits per heavy atom. The van der Waals surface area contributed by atoms with Crippen LogP contribution in [0.15, 0.2) is 29.3 Å². The van der Waals surface area contributed by atoms with Crippen molar-refractivity contribution in [1.29, 1.82) is 0 Å². The molecule has 0 saturated carbocycles. The highest BCUT2D eigenvalue weighted by Gasteiger charge is 2.30. The molecule has 0 aromatic heterocycles. The summed E-state index contributed by atoms with van der Waals surface area (Å²) in [6.45, 7) is 4.30. The molecule has 0 amide bonds. The Kier molecular flexibility index (Phi) is 2.74. The molecule has 1 aromatic rings. The minimum atomic E-state index is -0.124. The van der Waals surface area contributed by atoms with Crippen molar-refractivity contribution >= 4 is 16.9 Å². The van der Waals surface area contributed by atoms with Crippen LogP contribution in [0.4, 0.5) is 0 Å². The fraction of sp³-hybridized carbons (Fsp3) is 0.417. The van der Waals surface area contributed by atoms with E-state index in [0.29, 0.717) is 5.17 Å². The normalized spacial score (nSPS) is 26.1. The van der Waals surface area contributed by atoms with Gasteiger partial charge >= 0.3 is 0 Å². The number of hydrogen-bond donors (Lipinski definition) is 1. The first-order valence-electron chi connectivity index (χ1n) is 5.16. The lowest BCUT2D eigenvalue weighted by molar-refractivity contribution is 0.479. The van der Waals surface area contributed by atoms with Crippen molar-refractivity contribution in [2.75, 3.05) is 5.75 Å². The number of aryl methyl sites for hydroxylation is 1. The second-order valence-electron chi connectivity index (χ2n) is 4.14. The van der Waals surface area contributed by atoms with Crippen LogP contribution in [-0.2, 0) is 5.54 Å². The molecule has 0 radical (unpaired) electrons. The summed E-state index contributed by atoms with van der Waals surface area (Å²) in [7, 11) is 0. The summed E-state index contributed by atoms with van der Waals surface area (Å²) in [5.74, 6) is 1.06. The average Bonchev–Trinajstić information content (AvgIpc) is 2.17. The van der Waals surface area contributed by atoms with Crippen LogP contribution >= 0.6 is 11.8 Å². The molecule has 0 aliphatic carbocycles. The van der Waals surface area contributed by atoms with Gasteiger partial charge in [-0.25, -0.2) is 0 Å². The lowest BCUT2D eigenvalue weighted by Gasteiger charge is -2.30. The SMILES string of the molecule is Cc1ccccc1C1(C)CCSC(N)=N1. The van der Waals surface area contributed by atoms with E-state index >= 15 is 0 Å². The molecule has 0 saturated heterocycles. The van der Waals surface area contributed by atoms with E-state index in [1.165, 1.54) is 11.1 Å². The van der Waals surface area contributed by atoms with E-state index in [1.54, 1.807) is 11.8 Å². The molecule has 1 aliphatic rings. The largest absolute Gasteiger partial charge is 0.379 e. The summed E-state index contributed by atoms with van der Waals surface area (Å²) in [4.78, 5) is 4.60. The minimum Gasteiger partial charge on any atom is -0.379 e. The molecule has 0 fully saturated rings. The van der Waals surface area contributed by atoms with E-state index in [2.05, 4.69) is 43.1 Å². The zero-order valence-corrected chi connectivity index (χ0v) is 9.97. The topological polar surface area (TPSA) is 38.4 Å². The predicted molar refractivity (Wildman–Crippen MR) is 67.2 cm³/mol. The number of hydrogen-bond acceptors (Lipinski definition) is 3. The number of nitrogens with two attached hydrogens (primary N) is 1. The van der Waals surface area contributed by atoms with Crippen molar-refractivity contribution < 1.29 is 0 Å². The van der Waals surface area contributed by atoms with Crippen LogP contribution in [0.25, 0.3) is 0 Å². The van der Waals surface area contributed by atoms with Gasteiger partial charge in [0.15, 0.2) is 5.17 Å². The molecule has 80 valence electrons. The van der Waals surface area contributed by atoms with E-state index < -0.39 is 0 Å². The third-order valence-electron chi connectivity index (χ3n) is 2.92. The molecule has 1 aliphatic heterocycles. The van der Waals surface area contributed by atoms with E-state index in [9.17, 15) is 0 Å². The number of aliphatic imine (C=N–C) groups is 1. The monoisotopic (exact) mass is 220 g/mol. The van der Waals surface area contributed by atoms with Gasteiger partial charge in [0.1, 0.15) is 0 Å². The predicted octanol–water partition coefficient (Wildman–Crippen LogP) is 2.66. The first-order chi connectivity index (χ1) is 7.12. The van der Waals surface area contributed by atoms with Gasteiger partial charge < -0.3 is 5.73 Å². The van der Waals surface area contributed by atoms with Crippen molar-refractivity contribution in [3.8, 4) is 0 Å². The maximum Gasteiger partial charge on any atom is 0.154 e. The van der Waals surface area contributed by atoms with Crippen molar-refractivity contribution in [1.82, 2.24) is 0 Å². The Labute approximate surface area is 95.0 Å². The molecule has 2 nitrogen and oxygen atoms in total. The molecular weight excluding hydrogens is 204 g/mol. The van der Waals surface area contributed by atoms with E-state index in [-0.39, 0.29) is 5.54 Å². The lowest BCUT2D eigenvalue weighted by Crippen LogP contribution is -2.29. The lowest BCUT2D eigenvalue weighted by atomic mass is 9.87. The highest BCUT2D eigenvalue weighted by atomic mass is 32.2. The molecular formula is C12H16N2S. The molecule has 1 aromatic carbocycles. The first-order valence-corrected chi connectivity index (χ1v) is 6.15. The summed E-state index contributed by atoms with van der Waals surface area (Å²) in [6, 6.07) is 8.42. The van der Waals surface area contributed by atoms with E-state index in [0.717, 1.165) is 12.2 Å². The maximum absolute atomic E-state index is 5.81. The molecule has 1 atom stereocenters. The second kappa shape index (κ2) is 3.89. The Morgan fingerprint density at radius 3 is 2.80 bits per heavy atom. The second-order valence-corrected chi connectivity index (χ2v) is 5.25. The number of benzene rings is 1. The van der Waals surface area contributed by atoms with Crippen LogP contribution in [0.5, 0.6) is 0 Å². The van der Waals surface area contributed by atoms with Crippen LogP contribution < -0.4 is 5.73 Å². The van der Waals surface area contributed by atoms with Gasteiger partial charge in [-0.15, -0.1) is 0 Å². The van der Waals surface area contributed by atoms with Crippen LogP contribution in [-0.4, -0.2) is 10.9 Å². The van der Waals surface area contributed by atoms with Crippen LogP contribution in [0.2, 0.25) is 0 Å². The Bertz CT molecular complexity index is 400. The van der Waals surface area contributed by atoms with E-state index in [1.807, 2.05) is 0 Å². The molecule has 0 bridgehead atoms. The quantitative estimate of drug-likeness (QED) is 0.790. The molecule has 1 heterocycles.